The Bertz CT molecular complexity index is 1330. The first-order chi connectivity index (χ1) is 22.7. The van der Waals surface area contributed by atoms with Crippen LogP contribution >= 0.6 is 15.9 Å². The predicted molar refractivity (Wildman–Crippen MR) is 193 cm³/mol. The lowest BCUT2D eigenvalue weighted by molar-refractivity contribution is -0.152. The van der Waals surface area contributed by atoms with E-state index in [0.717, 1.165) is 19.3 Å². The van der Waals surface area contributed by atoms with E-state index < -0.39 is 35.1 Å². The average molecular weight is 731 g/mol. The fraction of sp³-hybridized carbons (Fsp3) is 0.658. The summed E-state index contributed by atoms with van der Waals surface area (Å²) in [5.41, 5.74) is -1.08. The molecule has 10 heteroatoms. The van der Waals surface area contributed by atoms with E-state index in [1.165, 1.54) is 0 Å². The van der Waals surface area contributed by atoms with E-state index in [9.17, 15) is 14.7 Å². The molecule has 1 aromatic rings. The first-order valence-electron chi connectivity index (χ1n) is 17.5. The van der Waals surface area contributed by atoms with Gasteiger partial charge in [0.1, 0.15) is 17.4 Å². The summed E-state index contributed by atoms with van der Waals surface area (Å²) in [6.07, 6.45) is 7.04. The van der Waals surface area contributed by atoms with Crippen molar-refractivity contribution in [3.63, 3.8) is 0 Å². The number of ether oxygens (including phenoxy) is 2. The Morgan fingerprint density at radius 1 is 1.06 bits per heavy atom. The number of anilines is 1. The second kappa shape index (κ2) is 15.5. The van der Waals surface area contributed by atoms with Crippen LogP contribution in [0.3, 0.4) is 0 Å². The van der Waals surface area contributed by atoms with Crippen LogP contribution in [0.2, 0.25) is 0 Å². The summed E-state index contributed by atoms with van der Waals surface area (Å²) in [4.78, 5) is 49.5. The van der Waals surface area contributed by atoms with E-state index in [1.807, 2.05) is 36.1 Å². The molecule has 266 valence electrons. The van der Waals surface area contributed by atoms with E-state index in [2.05, 4.69) is 63.7 Å². The van der Waals surface area contributed by atoms with E-state index >= 15 is 4.79 Å². The lowest BCUT2D eigenvalue weighted by Gasteiger charge is -2.45. The van der Waals surface area contributed by atoms with Crippen molar-refractivity contribution in [1.29, 1.82) is 0 Å². The highest BCUT2D eigenvalue weighted by molar-refractivity contribution is 9.09. The van der Waals surface area contributed by atoms with Crippen molar-refractivity contribution < 1.29 is 29.0 Å². The van der Waals surface area contributed by atoms with Gasteiger partial charge < -0.3 is 29.3 Å². The number of carbonyl (C=O) groups excluding carboxylic acids is 3. The van der Waals surface area contributed by atoms with Crippen LogP contribution in [0.1, 0.15) is 80.1 Å². The quantitative estimate of drug-likeness (QED) is 0.118. The Morgan fingerprint density at radius 3 is 2.29 bits per heavy atom. The zero-order chi connectivity index (χ0) is 35.4. The molecule has 1 spiro atoms. The van der Waals surface area contributed by atoms with Crippen molar-refractivity contribution in [2.45, 2.75) is 108 Å². The third-order valence-corrected chi connectivity index (χ3v) is 10.8. The number of nitrogens with zero attached hydrogens (tertiary/aromatic N) is 3. The molecule has 1 N–H and O–H groups in total. The maximum atomic E-state index is 15.0. The summed E-state index contributed by atoms with van der Waals surface area (Å²) < 4.78 is 12.5. The number of aliphatic hydroxyl groups excluding tert-OH is 1. The molecular weight excluding hydrogens is 674 g/mol. The topological polar surface area (TPSA) is 99.6 Å². The number of unbranched alkanes of at least 4 members (excludes halogenated alkanes) is 3. The smallest absolute Gasteiger partial charge is 0.249 e. The summed E-state index contributed by atoms with van der Waals surface area (Å²) in [5, 5.41) is 9.30. The number of fused-ring (bicyclic) bond motifs is 1. The molecule has 48 heavy (non-hydrogen) atoms. The van der Waals surface area contributed by atoms with Gasteiger partial charge in [-0.05, 0) is 76.1 Å². The van der Waals surface area contributed by atoms with Gasteiger partial charge in [0.25, 0.3) is 0 Å². The van der Waals surface area contributed by atoms with Gasteiger partial charge in [0.15, 0.2) is 0 Å². The second-order valence-electron chi connectivity index (χ2n) is 15.3. The minimum absolute atomic E-state index is 0.0574. The van der Waals surface area contributed by atoms with E-state index in [1.54, 1.807) is 22.0 Å². The molecule has 3 amide bonds. The van der Waals surface area contributed by atoms with Crippen LogP contribution in [-0.4, -0.2) is 93.6 Å². The molecule has 3 heterocycles. The Morgan fingerprint density at radius 2 is 1.71 bits per heavy atom. The molecule has 9 nitrogen and oxygen atoms in total. The van der Waals surface area contributed by atoms with Gasteiger partial charge in [-0.25, -0.2) is 0 Å². The molecule has 3 aliphatic rings. The van der Waals surface area contributed by atoms with Gasteiger partial charge in [0, 0.05) is 42.3 Å². The van der Waals surface area contributed by atoms with Crippen LogP contribution in [0.4, 0.5) is 5.69 Å². The van der Waals surface area contributed by atoms with Gasteiger partial charge in [-0.15, -0.1) is 13.2 Å². The molecule has 0 aliphatic carbocycles. The maximum absolute atomic E-state index is 15.0. The summed E-state index contributed by atoms with van der Waals surface area (Å²) in [7, 11) is 0. The van der Waals surface area contributed by atoms with Crippen LogP contribution in [0, 0.1) is 17.3 Å². The van der Waals surface area contributed by atoms with Gasteiger partial charge in [0.2, 0.25) is 17.7 Å². The average Bonchev–Trinajstić information content (AvgIpc) is 3.60. The predicted octanol–water partition coefficient (Wildman–Crippen LogP) is 6.13. The molecule has 0 radical (unpaired) electrons. The van der Waals surface area contributed by atoms with Crippen LogP contribution < -0.4 is 9.64 Å². The van der Waals surface area contributed by atoms with Crippen LogP contribution in [0.5, 0.6) is 5.75 Å². The molecule has 3 aliphatic heterocycles. The van der Waals surface area contributed by atoms with E-state index in [-0.39, 0.29) is 41.1 Å². The lowest BCUT2D eigenvalue weighted by atomic mass is 9.70. The van der Waals surface area contributed by atoms with Crippen molar-refractivity contribution in [2.75, 3.05) is 37.7 Å². The lowest BCUT2D eigenvalue weighted by Crippen LogP contribution is -2.61. The molecule has 3 fully saturated rings. The molecule has 6 atom stereocenters. The number of rotatable bonds is 17. The second-order valence-corrected chi connectivity index (χ2v) is 16.5. The Kier molecular flexibility index (Phi) is 12.3. The van der Waals surface area contributed by atoms with Crippen LogP contribution in [-0.2, 0) is 19.1 Å². The Balaban J connectivity index is 1.76. The zero-order valence-electron chi connectivity index (χ0n) is 29.8. The first-order valence-corrected chi connectivity index (χ1v) is 18.4. The SMILES string of the molecule is C=CCN(C(=O)[C@H]1[C@@H]2OC3(CC2Br)C(C(=O)N(CC=C)C(C)(C)CC(C)(C)C)N(CCCCCCO)C(=O)[C@H]13)c1ccc(OCC)cc1. The molecule has 2 bridgehead atoms. The van der Waals surface area contributed by atoms with Gasteiger partial charge >= 0.3 is 0 Å². The van der Waals surface area contributed by atoms with E-state index in [0.29, 0.717) is 50.4 Å². The molecule has 0 saturated carbocycles. The van der Waals surface area contributed by atoms with Gasteiger partial charge in [-0.3, -0.25) is 14.4 Å². The fourth-order valence-electron chi connectivity index (χ4n) is 8.51. The summed E-state index contributed by atoms with van der Waals surface area (Å²) in [6, 6.07) is 6.46. The van der Waals surface area contributed by atoms with Crippen LogP contribution in [0.25, 0.3) is 0 Å². The molecule has 0 aromatic heterocycles. The molecule has 3 saturated heterocycles. The van der Waals surface area contributed by atoms with Gasteiger partial charge in [-0.2, -0.15) is 0 Å². The molecule has 4 rings (SSSR count). The third kappa shape index (κ3) is 7.55. The monoisotopic (exact) mass is 729 g/mol. The van der Waals surface area contributed by atoms with Crippen LogP contribution in [0.15, 0.2) is 49.6 Å². The minimum atomic E-state index is -1.16. The third-order valence-electron chi connectivity index (χ3n) is 9.92. The normalized spacial score (nSPS) is 26.4. The number of benzene rings is 1. The number of aliphatic hydroxyl groups is 1. The van der Waals surface area contributed by atoms with Crippen molar-refractivity contribution in [1.82, 2.24) is 9.80 Å². The first kappa shape index (κ1) is 38.1. The number of hydrogen-bond donors (Lipinski definition) is 1. The van der Waals surface area contributed by atoms with Crippen molar-refractivity contribution in [3.8, 4) is 5.75 Å². The minimum Gasteiger partial charge on any atom is -0.494 e. The highest BCUT2D eigenvalue weighted by Crippen LogP contribution is 2.61. The standard InChI is InChI=1S/C38H56BrN3O6/c1-9-20-40(26-16-18-27(19-17-26)47-11-3)33(44)29-30-34(45)41(22-14-12-13-15-23-43)32(38(30)24-28(39)31(29)48-38)35(46)42(21-10-2)37(7,8)25-36(4,5)6/h9-10,16-19,28-32,43H,1-2,11-15,20-25H2,3-8H3/t28?,29-,30+,31-,32?,38?/m1/s1. The molecule has 1 aromatic carbocycles. The van der Waals surface area contributed by atoms with Crippen molar-refractivity contribution in [3.05, 3.63) is 49.6 Å². The number of alkyl halides is 1. The highest BCUT2D eigenvalue weighted by Gasteiger charge is 2.77. The summed E-state index contributed by atoms with van der Waals surface area (Å²) in [5.74, 6) is -1.48. The Hall–Kier alpha value is -2.69. The molecule has 3 unspecified atom stereocenters. The van der Waals surface area contributed by atoms with Gasteiger partial charge in [0.05, 0.1) is 24.5 Å². The molecular formula is C38H56BrN3O6. The fourth-order valence-corrected chi connectivity index (χ4v) is 9.45. The maximum Gasteiger partial charge on any atom is 0.249 e. The van der Waals surface area contributed by atoms with Crippen molar-refractivity contribution >= 4 is 39.3 Å². The number of likely N-dealkylation sites (tertiary alicyclic amines) is 1. The number of amides is 3. The van der Waals surface area contributed by atoms with Crippen molar-refractivity contribution in [2.24, 2.45) is 17.3 Å². The summed E-state index contributed by atoms with van der Waals surface area (Å²) in [6.45, 7) is 22.0. The summed E-state index contributed by atoms with van der Waals surface area (Å²) >= 11 is 3.82. The number of carbonyl (C=O) groups is 3. The number of hydrogen-bond acceptors (Lipinski definition) is 6. The largest absolute Gasteiger partial charge is 0.494 e. The zero-order valence-corrected chi connectivity index (χ0v) is 31.3. The van der Waals surface area contributed by atoms with Gasteiger partial charge in [-0.1, -0.05) is 61.7 Å². The van der Waals surface area contributed by atoms with E-state index in [4.69, 9.17) is 9.47 Å². The Labute approximate surface area is 295 Å². The highest BCUT2D eigenvalue weighted by atomic mass is 79.9. The number of halogens is 1.